The smallest absolute Gasteiger partial charge is 0.255 e. The third-order valence-electron chi connectivity index (χ3n) is 3.63. The number of imidazole rings is 1. The summed E-state index contributed by atoms with van der Waals surface area (Å²) in [6.45, 7) is 3.91. The number of benzene rings is 1. The fourth-order valence-electron chi connectivity index (χ4n) is 2.33. The molecule has 0 saturated heterocycles. The molecule has 0 spiro atoms. The Kier molecular flexibility index (Phi) is 3.78. The third kappa shape index (κ3) is 2.79. The molecule has 3 rings (SSSR count). The second kappa shape index (κ2) is 5.89. The number of aryl methyl sites for hydroxylation is 1. The second-order valence-electron chi connectivity index (χ2n) is 5.14. The van der Waals surface area contributed by atoms with Crippen molar-refractivity contribution in [3.63, 3.8) is 0 Å². The van der Waals surface area contributed by atoms with Crippen molar-refractivity contribution in [3.8, 4) is 5.69 Å². The van der Waals surface area contributed by atoms with Crippen LogP contribution in [0.3, 0.4) is 0 Å². The molecule has 112 valence electrons. The zero-order valence-corrected chi connectivity index (χ0v) is 12.5. The number of rotatable bonds is 4. The number of nitrogens with one attached hydrogen (secondary N) is 1. The summed E-state index contributed by atoms with van der Waals surface area (Å²) < 4.78 is 6.93. The number of furan rings is 1. The van der Waals surface area contributed by atoms with E-state index < -0.39 is 0 Å². The van der Waals surface area contributed by atoms with Crippen molar-refractivity contribution in [2.75, 3.05) is 0 Å². The van der Waals surface area contributed by atoms with Crippen LogP contribution >= 0.6 is 0 Å². The largest absolute Gasteiger partial charge is 0.472 e. The van der Waals surface area contributed by atoms with Gasteiger partial charge >= 0.3 is 0 Å². The van der Waals surface area contributed by atoms with Gasteiger partial charge in [-0.3, -0.25) is 4.79 Å². The molecule has 0 aliphatic carbocycles. The summed E-state index contributed by atoms with van der Waals surface area (Å²) in [5, 5.41) is 2.95. The normalized spacial score (nSPS) is 12.1. The number of nitrogens with zero attached hydrogens (tertiary/aromatic N) is 2. The Balaban J connectivity index is 1.72. The van der Waals surface area contributed by atoms with Crippen molar-refractivity contribution in [1.82, 2.24) is 14.9 Å². The maximum atomic E-state index is 12.0. The molecule has 0 radical (unpaired) electrons. The predicted octanol–water partition coefficient (Wildman–Crippen LogP) is 3.26. The van der Waals surface area contributed by atoms with E-state index in [9.17, 15) is 4.79 Å². The molecule has 1 atom stereocenters. The van der Waals surface area contributed by atoms with Crippen molar-refractivity contribution in [2.45, 2.75) is 19.9 Å². The highest BCUT2D eigenvalue weighted by Crippen LogP contribution is 2.17. The van der Waals surface area contributed by atoms with Crippen molar-refractivity contribution >= 4 is 5.91 Å². The SMILES string of the molecule is Cc1nccn1-c1ccc([C@H](C)NC(=O)c2ccoc2)cc1. The van der Waals surface area contributed by atoms with Crippen LogP contribution in [-0.4, -0.2) is 15.5 Å². The van der Waals surface area contributed by atoms with Crippen molar-refractivity contribution < 1.29 is 9.21 Å². The number of amides is 1. The van der Waals surface area contributed by atoms with Crippen molar-refractivity contribution in [3.05, 3.63) is 72.2 Å². The Morgan fingerprint density at radius 2 is 2.05 bits per heavy atom. The molecule has 22 heavy (non-hydrogen) atoms. The summed E-state index contributed by atoms with van der Waals surface area (Å²) in [4.78, 5) is 16.2. The van der Waals surface area contributed by atoms with Gasteiger partial charge in [-0.15, -0.1) is 0 Å². The first-order valence-corrected chi connectivity index (χ1v) is 7.08. The minimum absolute atomic E-state index is 0.0830. The molecule has 0 aliphatic rings. The first-order chi connectivity index (χ1) is 10.6. The Hall–Kier alpha value is -2.82. The molecule has 1 aromatic carbocycles. The van der Waals surface area contributed by atoms with Gasteiger partial charge in [0.15, 0.2) is 0 Å². The molecule has 0 bridgehead atoms. The van der Waals surface area contributed by atoms with Gasteiger partial charge in [-0.25, -0.2) is 4.98 Å². The van der Waals surface area contributed by atoms with Crippen LogP contribution in [-0.2, 0) is 0 Å². The Bertz CT molecular complexity index is 758. The maximum absolute atomic E-state index is 12.0. The first kappa shape index (κ1) is 14.1. The quantitative estimate of drug-likeness (QED) is 0.803. The fourth-order valence-corrected chi connectivity index (χ4v) is 2.33. The van der Waals surface area contributed by atoms with E-state index in [4.69, 9.17) is 4.42 Å². The average Bonchev–Trinajstić information content (AvgIpc) is 3.18. The Labute approximate surface area is 128 Å². The summed E-state index contributed by atoms with van der Waals surface area (Å²) in [7, 11) is 0. The number of carbonyl (C=O) groups is 1. The number of carbonyl (C=O) groups excluding carboxylic acids is 1. The lowest BCUT2D eigenvalue weighted by atomic mass is 10.1. The van der Waals surface area contributed by atoms with Gasteiger partial charge in [-0.1, -0.05) is 12.1 Å². The number of aromatic nitrogens is 2. The molecule has 5 nitrogen and oxygen atoms in total. The highest BCUT2D eigenvalue weighted by atomic mass is 16.3. The van der Waals surface area contributed by atoms with Gasteiger partial charge in [0.1, 0.15) is 12.1 Å². The summed E-state index contributed by atoms with van der Waals surface area (Å²) in [5.74, 6) is 0.796. The lowest BCUT2D eigenvalue weighted by Gasteiger charge is -2.14. The van der Waals surface area contributed by atoms with Crippen LogP contribution in [0, 0.1) is 6.92 Å². The maximum Gasteiger partial charge on any atom is 0.255 e. The summed E-state index contributed by atoms with van der Waals surface area (Å²) in [5.41, 5.74) is 2.61. The summed E-state index contributed by atoms with van der Waals surface area (Å²) >= 11 is 0. The molecule has 1 N–H and O–H groups in total. The van der Waals surface area contributed by atoms with Gasteiger partial charge in [0.25, 0.3) is 5.91 Å². The Morgan fingerprint density at radius 1 is 1.27 bits per heavy atom. The van der Waals surface area contributed by atoms with Gasteiger partial charge in [-0.2, -0.15) is 0 Å². The average molecular weight is 295 g/mol. The monoisotopic (exact) mass is 295 g/mol. The molecular formula is C17H17N3O2. The van der Waals surface area contributed by atoms with Crippen molar-refractivity contribution in [1.29, 1.82) is 0 Å². The van der Waals surface area contributed by atoms with Crippen LogP contribution in [0.2, 0.25) is 0 Å². The molecule has 0 unspecified atom stereocenters. The van der Waals surface area contributed by atoms with E-state index in [1.807, 2.05) is 48.9 Å². The van der Waals surface area contributed by atoms with Gasteiger partial charge in [0.05, 0.1) is 17.9 Å². The summed E-state index contributed by atoms with van der Waals surface area (Å²) in [6.07, 6.45) is 6.63. The van der Waals surface area contributed by atoms with Crippen LogP contribution < -0.4 is 5.32 Å². The first-order valence-electron chi connectivity index (χ1n) is 7.08. The summed E-state index contributed by atoms with van der Waals surface area (Å²) in [6, 6.07) is 9.62. The molecular weight excluding hydrogens is 278 g/mol. The molecule has 0 saturated carbocycles. The molecule has 2 heterocycles. The van der Waals surface area contributed by atoms with Gasteiger partial charge < -0.3 is 14.3 Å². The van der Waals surface area contributed by atoms with E-state index in [-0.39, 0.29) is 11.9 Å². The van der Waals surface area contributed by atoms with E-state index in [0.29, 0.717) is 5.56 Å². The standard InChI is InChI=1S/C17H17N3O2/c1-12(19-17(21)15-7-10-22-11-15)14-3-5-16(6-4-14)20-9-8-18-13(20)2/h3-12H,1-2H3,(H,19,21)/t12-/m0/s1. The van der Waals surface area contributed by atoms with E-state index >= 15 is 0 Å². The topological polar surface area (TPSA) is 60.1 Å². The molecule has 0 fully saturated rings. The molecule has 1 amide bonds. The zero-order chi connectivity index (χ0) is 15.5. The molecule has 0 aliphatic heterocycles. The van der Waals surface area contributed by atoms with Gasteiger partial charge in [0, 0.05) is 18.1 Å². The van der Waals surface area contributed by atoms with E-state index in [1.54, 1.807) is 12.3 Å². The van der Waals surface area contributed by atoms with Crippen molar-refractivity contribution in [2.24, 2.45) is 0 Å². The Morgan fingerprint density at radius 3 is 2.64 bits per heavy atom. The molecule has 2 aromatic heterocycles. The van der Waals surface area contributed by atoms with Crippen LogP contribution in [0.15, 0.2) is 59.7 Å². The predicted molar refractivity (Wildman–Crippen MR) is 82.9 cm³/mol. The van der Waals surface area contributed by atoms with Crippen LogP contribution in [0.4, 0.5) is 0 Å². The highest BCUT2D eigenvalue weighted by Gasteiger charge is 2.12. The van der Waals surface area contributed by atoms with Gasteiger partial charge in [0.2, 0.25) is 0 Å². The number of hydrogen-bond acceptors (Lipinski definition) is 3. The van der Waals surface area contributed by atoms with E-state index in [2.05, 4.69) is 10.3 Å². The minimum Gasteiger partial charge on any atom is -0.472 e. The fraction of sp³-hybridized carbons (Fsp3) is 0.176. The second-order valence-corrected chi connectivity index (χ2v) is 5.14. The van der Waals surface area contributed by atoms with E-state index in [0.717, 1.165) is 17.1 Å². The lowest BCUT2D eigenvalue weighted by molar-refractivity contribution is 0.0939. The highest BCUT2D eigenvalue weighted by molar-refractivity contribution is 5.94. The van der Waals surface area contributed by atoms with Gasteiger partial charge in [-0.05, 0) is 37.6 Å². The number of hydrogen-bond donors (Lipinski definition) is 1. The van der Waals surface area contributed by atoms with E-state index in [1.165, 1.54) is 12.5 Å². The third-order valence-corrected chi connectivity index (χ3v) is 3.63. The molecule has 3 aromatic rings. The van der Waals surface area contributed by atoms with Crippen LogP contribution in [0.5, 0.6) is 0 Å². The zero-order valence-electron chi connectivity index (χ0n) is 12.5. The van der Waals surface area contributed by atoms with Crippen LogP contribution in [0.1, 0.15) is 34.7 Å². The van der Waals surface area contributed by atoms with Crippen LogP contribution in [0.25, 0.3) is 5.69 Å². The minimum atomic E-state index is -0.143. The molecule has 5 heteroatoms. The lowest BCUT2D eigenvalue weighted by Crippen LogP contribution is -2.26.